The van der Waals surface area contributed by atoms with E-state index >= 15 is 0 Å². The average molecular weight is 430 g/mol. The van der Waals surface area contributed by atoms with Crippen molar-refractivity contribution in [3.05, 3.63) is 29.8 Å². The van der Waals surface area contributed by atoms with Crippen LogP contribution in [0.5, 0.6) is 5.75 Å². The lowest BCUT2D eigenvalue weighted by atomic mass is 9.84. The first-order valence-corrected chi connectivity index (χ1v) is 10.1. The Bertz CT molecular complexity index is 633. The fourth-order valence-electron chi connectivity index (χ4n) is 5.16. The van der Waals surface area contributed by atoms with Crippen LogP contribution >= 0.6 is 24.8 Å². The van der Waals surface area contributed by atoms with Gasteiger partial charge in [-0.3, -0.25) is 9.69 Å². The van der Waals surface area contributed by atoms with Crippen molar-refractivity contribution in [2.75, 3.05) is 32.8 Å². The smallest absolute Gasteiger partial charge is 0.227 e. The molecule has 1 saturated heterocycles. The highest BCUT2D eigenvalue weighted by Gasteiger charge is 2.50. The van der Waals surface area contributed by atoms with E-state index in [0.29, 0.717) is 24.3 Å². The van der Waals surface area contributed by atoms with E-state index in [9.17, 15) is 4.79 Å². The van der Waals surface area contributed by atoms with Crippen LogP contribution in [0.25, 0.3) is 0 Å². The molecule has 3 fully saturated rings. The van der Waals surface area contributed by atoms with E-state index in [1.807, 2.05) is 19.1 Å². The number of benzene rings is 1. The van der Waals surface area contributed by atoms with Crippen LogP contribution in [0.2, 0.25) is 0 Å². The van der Waals surface area contributed by atoms with Gasteiger partial charge in [0.15, 0.2) is 0 Å². The summed E-state index contributed by atoms with van der Waals surface area (Å²) < 4.78 is 5.50. The van der Waals surface area contributed by atoms with Crippen LogP contribution in [0.1, 0.15) is 31.7 Å². The van der Waals surface area contributed by atoms with Gasteiger partial charge in [0.2, 0.25) is 5.91 Å². The second-order valence-electron chi connectivity index (χ2n) is 8.11. The SMILES string of the molecule is CCOc1ccc(CN2CCN(C(=O)C3C4CCC(C4)C3N)CC2)cc1.Cl.Cl. The predicted molar refractivity (Wildman–Crippen MR) is 116 cm³/mol. The zero-order chi connectivity index (χ0) is 18.1. The molecule has 1 aromatic rings. The summed E-state index contributed by atoms with van der Waals surface area (Å²) in [7, 11) is 0. The van der Waals surface area contributed by atoms with Gasteiger partial charge in [0.25, 0.3) is 0 Å². The first-order valence-electron chi connectivity index (χ1n) is 10.1. The number of rotatable bonds is 5. The molecule has 1 aromatic carbocycles. The van der Waals surface area contributed by atoms with E-state index < -0.39 is 0 Å². The Labute approximate surface area is 180 Å². The summed E-state index contributed by atoms with van der Waals surface area (Å²) in [4.78, 5) is 17.5. The third-order valence-electron chi connectivity index (χ3n) is 6.59. The van der Waals surface area contributed by atoms with E-state index in [1.165, 1.54) is 24.8 Å². The zero-order valence-corrected chi connectivity index (χ0v) is 18.2. The number of carbonyl (C=O) groups is 1. The predicted octanol–water partition coefficient (Wildman–Crippen LogP) is 2.95. The number of hydrogen-bond acceptors (Lipinski definition) is 4. The van der Waals surface area contributed by atoms with Crippen molar-refractivity contribution < 1.29 is 9.53 Å². The first kappa shape index (κ1) is 23.3. The summed E-state index contributed by atoms with van der Waals surface area (Å²) in [6.45, 7) is 7.17. The Morgan fingerprint density at radius 1 is 1.07 bits per heavy atom. The van der Waals surface area contributed by atoms with E-state index in [0.717, 1.165) is 38.5 Å². The van der Waals surface area contributed by atoms with E-state index in [1.54, 1.807) is 0 Å². The molecule has 2 aliphatic carbocycles. The van der Waals surface area contributed by atoms with Crippen molar-refractivity contribution in [3.63, 3.8) is 0 Å². The normalized spacial score (nSPS) is 29.1. The number of ether oxygens (including phenoxy) is 1. The van der Waals surface area contributed by atoms with Gasteiger partial charge < -0.3 is 15.4 Å². The molecule has 2 saturated carbocycles. The van der Waals surface area contributed by atoms with Crippen molar-refractivity contribution >= 4 is 30.7 Å². The highest BCUT2D eigenvalue weighted by atomic mass is 35.5. The Kier molecular flexibility index (Phi) is 8.44. The quantitative estimate of drug-likeness (QED) is 0.781. The van der Waals surface area contributed by atoms with Crippen LogP contribution in [0.15, 0.2) is 24.3 Å². The monoisotopic (exact) mass is 429 g/mol. The number of halogens is 2. The topological polar surface area (TPSA) is 58.8 Å². The molecular formula is C21H33Cl2N3O2. The molecule has 4 rings (SSSR count). The fraction of sp³-hybridized carbons (Fsp3) is 0.667. The third-order valence-corrected chi connectivity index (χ3v) is 6.59. The minimum atomic E-state index is 0. The largest absolute Gasteiger partial charge is 0.494 e. The molecule has 0 radical (unpaired) electrons. The highest BCUT2D eigenvalue weighted by Crippen LogP contribution is 2.48. The van der Waals surface area contributed by atoms with Crippen molar-refractivity contribution in [2.24, 2.45) is 23.5 Å². The van der Waals surface area contributed by atoms with E-state index in [2.05, 4.69) is 21.9 Å². The van der Waals surface area contributed by atoms with Crippen LogP contribution < -0.4 is 10.5 Å². The second-order valence-corrected chi connectivity index (χ2v) is 8.11. The van der Waals surface area contributed by atoms with Crippen LogP contribution in [0.4, 0.5) is 0 Å². The molecule has 7 heteroatoms. The van der Waals surface area contributed by atoms with E-state index in [4.69, 9.17) is 10.5 Å². The van der Waals surface area contributed by atoms with Gasteiger partial charge in [-0.15, -0.1) is 24.8 Å². The molecule has 3 aliphatic rings. The van der Waals surface area contributed by atoms with Gasteiger partial charge in [0, 0.05) is 38.8 Å². The summed E-state index contributed by atoms with van der Waals surface area (Å²) in [5.41, 5.74) is 7.66. The minimum absolute atomic E-state index is 0. The summed E-state index contributed by atoms with van der Waals surface area (Å²) in [6.07, 6.45) is 3.60. The van der Waals surface area contributed by atoms with Gasteiger partial charge in [-0.1, -0.05) is 12.1 Å². The molecule has 2 bridgehead atoms. The zero-order valence-electron chi connectivity index (χ0n) is 16.6. The molecule has 28 heavy (non-hydrogen) atoms. The van der Waals surface area contributed by atoms with Crippen LogP contribution in [-0.2, 0) is 11.3 Å². The molecule has 4 atom stereocenters. The average Bonchev–Trinajstić information content (AvgIpc) is 3.25. The second kappa shape index (κ2) is 10.1. The van der Waals surface area contributed by atoms with Crippen molar-refractivity contribution in [2.45, 2.75) is 38.8 Å². The third kappa shape index (κ3) is 4.76. The number of fused-ring (bicyclic) bond motifs is 2. The van der Waals surface area contributed by atoms with Crippen LogP contribution in [0, 0.1) is 17.8 Å². The Balaban J connectivity index is 0.00000140. The molecule has 158 valence electrons. The Morgan fingerprint density at radius 3 is 2.29 bits per heavy atom. The molecule has 0 aromatic heterocycles. The molecule has 2 N–H and O–H groups in total. The summed E-state index contributed by atoms with van der Waals surface area (Å²) in [5, 5.41) is 0. The van der Waals surface area contributed by atoms with Gasteiger partial charge in [-0.2, -0.15) is 0 Å². The van der Waals surface area contributed by atoms with Gasteiger partial charge in [-0.05, 0) is 55.7 Å². The van der Waals surface area contributed by atoms with Gasteiger partial charge in [0.05, 0.1) is 12.5 Å². The molecule has 4 unspecified atom stereocenters. The highest BCUT2D eigenvalue weighted by molar-refractivity contribution is 5.85. The van der Waals surface area contributed by atoms with Gasteiger partial charge in [0.1, 0.15) is 5.75 Å². The lowest BCUT2D eigenvalue weighted by Gasteiger charge is -2.38. The number of piperazine rings is 1. The number of hydrogen-bond donors (Lipinski definition) is 1. The van der Waals surface area contributed by atoms with Crippen molar-refractivity contribution in [1.29, 1.82) is 0 Å². The number of nitrogens with zero attached hydrogens (tertiary/aromatic N) is 2. The minimum Gasteiger partial charge on any atom is -0.494 e. The maximum atomic E-state index is 13.0. The van der Waals surface area contributed by atoms with E-state index in [-0.39, 0.29) is 36.8 Å². The summed E-state index contributed by atoms with van der Waals surface area (Å²) in [6, 6.07) is 8.45. The Hall–Kier alpha value is -1.01. The molecule has 1 amide bonds. The number of carbonyl (C=O) groups excluding carboxylic acids is 1. The summed E-state index contributed by atoms with van der Waals surface area (Å²) in [5.74, 6) is 2.48. The first-order chi connectivity index (χ1) is 12.7. The fourth-order valence-corrected chi connectivity index (χ4v) is 5.16. The number of nitrogens with two attached hydrogens (primary N) is 1. The molecule has 1 aliphatic heterocycles. The van der Waals surface area contributed by atoms with Crippen molar-refractivity contribution in [1.82, 2.24) is 9.80 Å². The maximum Gasteiger partial charge on any atom is 0.227 e. The lowest BCUT2D eigenvalue weighted by Crippen LogP contribution is -2.53. The lowest BCUT2D eigenvalue weighted by molar-refractivity contribution is -0.139. The maximum absolute atomic E-state index is 13.0. The van der Waals surface area contributed by atoms with Gasteiger partial charge >= 0.3 is 0 Å². The number of amides is 1. The van der Waals surface area contributed by atoms with Crippen LogP contribution in [-0.4, -0.2) is 54.5 Å². The standard InChI is InChI=1S/C21H31N3O2.2ClH/c1-2-26-18-7-3-15(4-8-18)14-23-9-11-24(12-10-23)21(25)19-16-5-6-17(13-16)20(19)22;;/h3-4,7-8,16-17,19-20H,2,5-6,9-14,22H2,1H3;2*1H. The summed E-state index contributed by atoms with van der Waals surface area (Å²) >= 11 is 0. The van der Waals surface area contributed by atoms with Gasteiger partial charge in [-0.25, -0.2) is 0 Å². The molecule has 5 nitrogen and oxygen atoms in total. The molecule has 1 heterocycles. The molecule has 0 spiro atoms. The van der Waals surface area contributed by atoms with Crippen molar-refractivity contribution in [3.8, 4) is 5.75 Å². The Morgan fingerprint density at radius 2 is 1.71 bits per heavy atom. The van der Waals surface area contributed by atoms with Crippen LogP contribution in [0.3, 0.4) is 0 Å². The molecular weight excluding hydrogens is 397 g/mol.